The van der Waals surface area contributed by atoms with Crippen molar-refractivity contribution in [2.24, 2.45) is 7.05 Å². The number of rotatable bonds is 23. The molecule has 10 heteroatoms. The molecule has 0 aliphatic heterocycles. The van der Waals surface area contributed by atoms with Gasteiger partial charge in [0, 0.05) is 57.5 Å². The third-order valence-corrected chi connectivity index (χ3v) is 8.33. The van der Waals surface area contributed by atoms with E-state index in [9.17, 15) is 4.79 Å². The van der Waals surface area contributed by atoms with Crippen LogP contribution in [0.1, 0.15) is 75.7 Å². The number of carbonyl (C=O) groups is 1. The van der Waals surface area contributed by atoms with Crippen LogP contribution in [0.15, 0.2) is 49.1 Å². The number of unbranched alkanes of at least 4 members (excludes halogenated alkanes) is 1. The number of benzene rings is 1. The van der Waals surface area contributed by atoms with Gasteiger partial charge in [0.1, 0.15) is 18.3 Å². The number of imidazole rings is 2. The van der Waals surface area contributed by atoms with E-state index in [1.807, 2.05) is 39.7 Å². The monoisotopic (exact) mass is 622 g/mol. The van der Waals surface area contributed by atoms with Gasteiger partial charge in [-0.25, -0.2) is 9.97 Å². The first-order chi connectivity index (χ1) is 21.8. The maximum Gasteiger partial charge on any atom is 0.307 e. The molecule has 3 aromatic rings. The van der Waals surface area contributed by atoms with Gasteiger partial charge in [0.05, 0.1) is 19.5 Å². The number of aryl methyl sites for hydroxylation is 1. The van der Waals surface area contributed by atoms with E-state index in [1.54, 1.807) is 6.20 Å². The van der Waals surface area contributed by atoms with Crippen LogP contribution in [0.4, 0.5) is 0 Å². The number of aromatic nitrogens is 4. The number of hydrogen-bond acceptors (Lipinski definition) is 8. The fraction of sp³-hybridized carbons (Fsp3) is 0.629. The first kappa shape index (κ1) is 36.4. The van der Waals surface area contributed by atoms with Gasteiger partial charge < -0.3 is 24.1 Å². The SMILES string of the molecule is CCCN(CCC)CCCCN(CCC(=O)OCC(C)N(C)C)Cc1ccc(CN(Cc2ncc[nH]2)Cc2nccn2C)cc1. The Labute approximate surface area is 271 Å². The molecule has 0 aliphatic rings. The van der Waals surface area contributed by atoms with Crippen molar-refractivity contribution in [1.29, 1.82) is 0 Å². The highest BCUT2D eigenvalue weighted by Gasteiger charge is 2.15. The fourth-order valence-corrected chi connectivity index (χ4v) is 5.37. The molecule has 0 aliphatic carbocycles. The van der Waals surface area contributed by atoms with E-state index >= 15 is 0 Å². The van der Waals surface area contributed by atoms with Gasteiger partial charge in [-0.2, -0.15) is 0 Å². The Morgan fingerprint density at radius 3 is 2.04 bits per heavy atom. The van der Waals surface area contributed by atoms with Crippen molar-refractivity contribution in [1.82, 2.24) is 39.1 Å². The van der Waals surface area contributed by atoms with E-state index in [0.29, 0.717) is 26.1 Å². The summed E-state index contributed by atoms with van der Waals surface area (Å²) in [5.74, 6) is 1.85. The molecule has 1 unspecified atom stereocenters. The van der Waals surface area contributed by atoms with Crippen molar-refractivity contribution in [3.63, 3.8) is 0 Å². The molecule has 250 valence electrons. The molecule has 2 heterocycles. The molecule has 0 saturated carbocycles. The number of carbonyl (C=O) groups excluding carboxylic acids is 1. The number of aromatic amines is 1. The van der Waals surface area contributed by atoms with Gasteiger partial charge in [-0.3, -0.25) is 14.6 Å². The smallest absolute Gasteiger partial charge is 0.307 e. The summed E-state index contributed by atoms with van der Waals surface area (Å²) < 4.78 is 7.65. The van der Waals surface area contributed by atoms with Crippen LogP contribution in [0.2, 0.25) is 0 Å². The minimum atomic E-state index is -0.120. The summed E-state index contributed by atoms with van der Waals surface area (Å²) in [5, 5.41) is 0. The first-order valence-electron chi connectivity index (χ1n) is 16.8. The van der Waals surface area contributed by atoms with Gasteiger partial charge in [0.15, 0.2) is 0 Å². The Bertz CT molecular complexity index is 1190. The highest BCUT2D eigenvalue weighted by atomic mass is 16.5. The van der Waals surface area contributed by atoms with Crippen molar-refractivity contribution in [3.8, 4) is 0 Å². The van der Waals surface area contributed by atoms with Crippen LogP contribution in [0.25, 0.3) is 0 Å². The summed E-state index contributed by atoms with van der Waals surface area (Å²) >= 11 is 0. The summed E-state index contributed by atoms with van der Waals surface area (Å²) in [6.07, 6.45) is 12.6. The average Bonchev–Trinajstić information content (AvgIpc) is 3.69. The maximum atomic E-state index is 12.6. The van der Waals surface area contributed by atoms with Crippen molar-refractivity contribution in [2.45, 2.75) is 85.1 Å². The number of likely N-dealkylation sites (N-methyl/N-ethyl adjacent to an activating group) is 1. The van der Waals surface area contributed by atoms with Gasteiger partial charge in [-0.1, -0.05) is 38.1 Å². The van der Waals surface area contributed by atoms with Crippen LogP contribution in [0, 0.1) is 0 Å². The quantitative estimate of drug-likeness (QED) is 0.118. The molecule has 1 atom stereocenters. The lowest BCUT2D eigenvalue weighted by Gasteiger charge is -2.25. The molecule has 1 N–H and O–H groups in total. The number of hydrogen-bond donors (Lipinski definition) is 1. The van der Waals surface area contributed by atoms with Gasteiger partial charge in [0.25, 0.3) is 0 Å². The van der Waals surface area contributed by atoms with Crippen LogP contribution in [0.3, 0.4) is 0 Å². The molecule has 1 aromatic carbocycles. The second-order valence-corrected chi connectivity index (χ2v) is 12.5. The van der Waals surface area contributed by atoms with E-state index in [4.69, 9.17) is 4.74 Å². The Hall–Kier alpha value is -3.05. The molecule has 0 saturated heterocycles. The molecule has 0 bridgehead atoms. The second-order valence-electron chi connectivity index (χ2n) is 12.5. The Kier molecular flexibility index (Phi) is 16.3. The lowest BCUT2D eigenvalue weighted by atomic mass is 10.1. The summed E-state index contributed by atoms with van der Waals surface area (Å²) in [7, 11) is 6.04. The van der Waals surface area contributed by atoms with E-state index in [0.717, 1.165) is 50.8 Å². The molecular weight excluding hydrogens is 564 g/mol. The van der Waals surface area contributed by atoms with Gasteiger partial charge in [-0.15, -0.1) is 0 Å². The predicted molar refractivity (Wildman–Crippen MR) is 181 cm³/mol. The second kappa shape index (κ2) is 20.2. The summed E-state index contributed by atoms with van der Waals surface area (Å²) in [6.45, 7) is 15.2. The molecule has 0 spiro atoms. The van der Waals surface area contributed by atoms with Crippen molar-refractivity contribution < 1.29 is 9.53 Å². The number of ether oxygens (including phenoxy) is 1. The first-order valence-corrected chi connectivity index (χ1v) is 16.8. The van der Waals surface area contributed by atoms with Crippen LogP contribution in [0.5, 0.6) is 0 Å². The zero-order valence-electron chi connectivity index (χ0n) is 28.7. The fourth-order valence-electron chi connectivity index (χ4n) is 5.37. The van der Waals surface area contributed by atoms with Crippen LogP contribution < -0.4 is 0 Å². The van der Waals surface area contributed by atoms with Gasteiger partial charge >= 0.3 is 5.97 Å². The van der Waals surface area contributed by atoms with Crippen molar-refractivity contribution in [3.05, 3.63) is 71.8 Å². The number of H-pyrrole nitrogens is 1. The Morgan fingerprint density at radius 2 is 1.49 bits per heavy atom. The third-order valence-electron chi connectivity index (χ3n) is 8.33. The van der Waals surface area contributed by atoms with E-state index in [2.05, 4.69) is 84.2 Å². The summed E-state index contributed by atoms with van der Waals surface area (Å²) in [6, 6.07) is 9.12. The summed E-state index contributed by atoms with van der Waals surface area (Å²) in [4.78, 5) is 34.2. The molecule has 0 fully saturated rings. The molecule has 3 rings (SSSR count). The number of nitrogens with one attached hydrogen (secondary N) is 1. The predicted octanol–water partition coefficient (Wildman–Crippen LogP) is 4.93. The molecule has 0 radical (unpaired) electrons. The molecular formula is C35H58N8O2. The van der Waals surface area contributed by atoms with Crippen LogP contribution in [-0.4, -0.2) is 105 Å². The van der Waals surface area contributed by atoms with Crippen LogP contribution in [-0.2, 0) is 42.8 Å². The largest absolute Gasteiger partial charge is 0.464 e. The number of nitrogens with zero attached hydrogens (tertiary/aromatic N) is 7. The van der Waals surface area contributed by atoms with Crippen LogP contribution >= 0.6 is 0 Å². The van der Waals surface area contributed by atoms with Crippen molar-refractivity contribution >= 4 is 5.97 Å². The normalized spacial score (nSPS) is 12.6. The molecule has 2 aromatic heterocycles. The van der Waals surface area contributed by atoms with E-state index in [-0.39, 0.29) is 12.0 Å². The van der Waals surface area contributed by atoms with Crippen molar-refractivity contribution in [2.75, 3.05) is 53.4 Å². The van der Waals surface area contributed by atoms with Gasteiger partial charge in [0.2, 0.25) is 0 Å². The van der Waals surface area contributed by atoms with Gasteiger partial charge in [-0.05, 0) is 84.0 Å². The topological polar surface area (TPSA) is 85.8 Å². The standard InChI is InChI=1S/C35H58N8O2/c1-7-19-41(20-8-2)21-9-10-22-42(23-15-35(44)45-29-30(3)39(4)5)25-31-11-13-32(14-12-31)26-43(27-33-36-16-17-37-33)28-34-38-18-24-40(34)6/h11-14,16-18,24,30H,7-10,15,19-23,25-29H2,1-6H3,(H,36,37). The lowest BCUT2D eigenvalue weighted by molar-refractivity contribution is -0.145. The third kappa shape index (κ3) is 13.9. The Balaban J connectivity index is 1.60. The highest BCUT2D eigenvalue weighted by Crippen LogP contribution is 2.15. The highest BCUT2D eigenvalue weighted by molar-refractivity contribution is 5.69. The molecule has 0 amide bonds. The van der Waals surface area contributed by atoms with E-state index < -0.39 is 0 Å². The lowest BCUT2D eigenvalue weighted by Crippen LogP contribution is -2.32. The minimum absolute atomic E-state index is 0.120. The zero-order chi connectivity index (χ0) is 32.4. The van der Waals surface area contributed by atoms with E-state index in [1.165, 1.54) is 43.5 Å². The summed E-state index contributed by atoms with van der Waals surface area (Å²) in [5.41, 5.74) is 2.50. The minimum Gasteiger partial charge on any atom is -0.464 e. The Morgan fingerprint density at radius 1 is 0.844 bits per heavy atom. The average molecular weight is 623 g/mol. The molecule has 45 heavy (non-hydrogen) atoms. The number of esters is 1. The maximum absolute atomic E-state index is 12.6. The zero-order valence-corrected chi connectivity index (χ0v) is 28.7. The molecule has 10 nitrogen and oxygen atoms in total.